The van der Waals surface area contributed by atoms with E-state index in [1.807, 2.05) is 24.3 Å². The van der Waals surface area contributed by atoms with Crippen molar-refractivity contribution in [3.63, 3.8) is 0 Å². The largest absolute Gasteiger partial charge is 0.384 e. The Balaban J connectivity index is 2.28. The quantitative estimate of drug-likeness (QED) is 0.723. The molecule has 3 aromatic rings. The molecule has 2 heterocycles. The van der Waals surface area contributed by atoms with Crippen molar-refractivity contribution < 1.29 is 0 Å². The van der Waals surface area contributed by atoms with Gasteiger partial charge in [0.05, 0.1) is 11.8 Å². The Bertz CT molecular complexity index is 673. The van der Waals surface area contributed by atoms with Crippen molar-refractivity contribution in [1.82, 2.24) is 15.0 Å². The van der Waals surface area contributed by atoms with Gasteiger partial charge in [-0.1, -0.05) is 28.1 Å². The van der Waals surface area contributed by atoms with Crippen LogP contribution < -0.4 is 5.73 Å². The van der Waals surface area contributed by atoms with Crippen molar-refractivity contribution in [2.75, 3.05) is 5.73 Å². The molecular formula is C12H9BrN4. The second-order valence-electron chi connectivity index (χ2n) is 3.70. The summed E-state index contributed by atoms with van der Waals surface area (Å²) in [6, 6.07) is 9.70. The van der Waals surface area contributed by atoms with Crippen LogP contribution in [0.1, 0.15) is 0 Å². The molecular weight excluding hydrogens is 280 g/mol. The minimum atomic E-state index is 0.486. The van der Waals surface area contributed by atoms with Crippen LogP contribution in [-0.4, -0.2) is 15.0 Å². The molecule has 0 aliphatic heterocycles. The summed E-state index contributed by atoms with van der Waals surface area (Å²) in [5.74, 6) is 0.486. The number of hydrogen-bond acceptors (Lipinski definition) is 3. The zero-order valence-electron chi connectivity index (χ0n) is 8.81. The van der Waals surface area contributed by atoms with Gasteiger partial charge in [0, 0.05) is 16.1 Å². The number of aromatic nitrogens is 3. The Morgan fingerprint density at radius 1 is 1.18 bits per heavy atom. The fourth-order valence-electron chi connectivity index (χ4n) is 1.77. The van der Waals surface area contributed by atoms with E-state index in [4.69, 9.17) is 5.73 Å². The first kappa shape index (κ1) is 10.3. The number of nitrogens with one attached hydrogen (secondary N) is 1. The number of rotatable bonds is 1. The van der Waals surface area contributed by atoms with Crippen molar-refractivity contribution in [1.29, 1.82) is 0 Å². The van der Waals surface area contributed by atoms with E-state index < -0.39 is 0 Å². The SMILES string of the molecule is Nc1cc2[nH]cnc2c(-c2ccc(Br)cc2)n1. The number of anilines is 1. The standard InChI is InChI=1S/C12H9BrN4/c13-8-3-1-7(2-4-8)11-12-9(15-6-16-12)5-10(14)17-11/h1-6H,(H2,14,17)(H,15,16). The highest BCUT2D eigenvalue weighted by Crippen LogP contribution is 2.27. The Morgan fingerprint density at radius 3 is 2.71 bits per heavy atom. The van der Waals surface area contributed by atoms with Crippen LogP contribution in [0.4, 0.5) is 5.82 Å². The van der Waals surface area contributed by atoms with Gasteiger partial charge in [-0.25, -0.2) is 9.97 Å². The third kappa shape index (κ3) is 1.78. The molecule has 1 aromatic carbocycles. The summed E-state index contributed by atoms with van der Waals surface area (Å²) in [4.78, 5) is 11.7. The first-order valence-corrected chi connectivity index (χ1v) is 5.89. The van der Waals surface area contributed by atoms with E-state index in [1.54, 1.807) is 12.4 Å². The van der Waals surface area contributed by atoms with Gasteiger partial charge in [-0.15, -0.1) is 0 Å². The zero-order chi connectivity index (χ0) is 11.8. The van der Waals surface area contributed by atoms with Crippen LogP contribution in [0.2, 0.25) is 0 Å². The number of nitrogens with zero attached hydrogens (tertiary/aromatic N) is 2. The van der Waals surface area contributed by atoms with Gasteiger partial charge >= 0.3 is 0 Å². The van der Waals surface area contributed by atoms with Crippen LogP contribution in [0.3, 0.4) is 0 Å². The molecule has 0 saturated heterocycles. The van der Waals surface area contributed by atoms with Gasteiger partial charge in [0.1, 0.15) is 17.0 Å². The Labute approximate surface area is 106 Å². The number of nitrogen functional groups attached to an aromatic ring is 1. The van der Waals surface area contributed by atoms with Gasteiger partial charge in [-0.3, -0.25) is 0 Å². The normalized spacial score (nSPS) is 10.9. The van der Waals surface area contributed by atoms with Gasteiger partial charge in [0.25, 0.3) is 0 Å². The van der Waals surface area contributed by atoms with Crippen LogP contribution in [0.25, 0.3) is 22.3 Å². The molecule has 4 nitrogen and oxygen atoms in total. The highest BCUT2D eigenvalue weighted by molar-refractivity contribution is 9.10. The summed E-state index contributed by atoms with van der Waals surface area (Å²) in [5, 5.41) is 0. The molecule has 2 aromatic heterocycles. The maximum atomic E-state index is 5.78. The van der Waals surface area contributed by atoms with Gasteiger partial charge in [0.15, 0.2) is 0 Å². The molecule has 0 amide bonds. The predicted octanol–water partition coefficient (Wildman–Crippen LogP) is 2.97. The van der Waals surface area contributed by atoms with E-state index in [9.17, 15) is 0 Å². The fraction of sp³-hybridized carbons (Fsp3) is 0. The lowest BCUT2D eigenvalue weighted by Gasteiger charge is -2.03. The molecule has 84 valence electrons. The highest BCUT2D eigenvalue weighted by atomic mass is 79.9. The number of halogens is 1. The van der Waals surface area contributed by atoms with Crippen molar-refractivity contribution in [2.45, 2.75) is 0 Å². The third-order valence-electron chi connectivity index (χ3n) is 2.54. The number of fused-ring (bicyclic) bond motifs is 1. The minimum Gasteiger partial charge on any atom is -0.384 e. The van der Waals surface area contributed by atoms with E-state index in [-0.39, 0.29) is 0 Å². The Morgan fingerprint density at radius 2 is 1.94 bits per heavy atom. The molecule has 0 saturated carbocycles. The van der Waals surface area contributed by atoms with E-state index >= 15 is 0 Å². The van der Waals surface area contributed by atoms with Crippen LogP contribution in [-0.2, 0) is 0 Å². The minimum absolute atomic E-state index is 0.486. The summed E-state index contributed by atoms with van der Waals surface area (Å²) >= 11 is 3.41. The lowest BCUT2D eigenvalue weighted by Crippen LogP contribution is -1.93. The highest BCUT2D eigenvalue weighted by Gasteiger charge is 2.09. The topological polar surface area (TPSA) is 67.6 Å². The maximum absolute atomic E-state index is 5.78. The van der Waals surface area contributed by atoms with E-state index in [0.717, 1.165) is 26.8 Å². The van der Waals surface area contributed by atoms with Crippen LogP contribution >= 0.6 is 15.9 Å². The van der Waals surface area contributed by atoms with E-state index in [1.165, 1.54) is 0 Å². The summed E-state index contributed by atoms with van der Waals surface area (Å²) in [6.45, 7) is 0. The predicted molar refractivity (Wildman–Crippen MR) is 71.4 cm³/mol. The fourth-order valence-corrected chi connectivity index (χ4v) is 2.04. The Kier molecular flexibility index (Phi) is 2.33. The molecule has 3 N–H and O–H groups in total. The second-order valence-corrected chi connectivity index (χ2v) is 4.62. The smallest absolute Gasteiger partial charge is 0.126 e. The number of aromatic amines is 1. The molecule has 3 rings (SSSR count). The molecule has 0 unspecified atom stereocenters. The molecule has 0 aliphatic carbocycles. The maximum Gasteiger partial charge on any atom is 0.126 e. The van der Waals surface area contributed by atoms with Crippen molar-refractivity contribution in [3.05, 3.63) is 41.1 Å². The van der Waals surface area contributed by atoms with Gasteiger partial charge in [0.2, 0.25) is 0 Å². The first-order valence-electron chi connectivity index (χ1n) is 5.09. The van der Waals surface area contributed by atoms with Gasteiger partial charge in [-0.2, -0.15) is 0 Å². The molecule has 0 aliphatic rings. The van der Waals surface area contributed by atoms with Gasteiger partial charge < -0.3 is 10.7 Å². The van der Waals surface area contributed by atoms with Crippen molar-refractivity contribution in [3.8, 4) is 11.3 Å². The van der Waals surface area contributed by atoms with E-state index in [2.05, 4.69) is 30.9 Å². The molecule has 0 fully saturated rings. The summed E-state index contributed by atoms with van der Waals surface area (Å²) in [6.07, 6.45) is 1.65. The number of H-pyrrole nitrogens is 1. The Hall–Kier alpha value is -1.88. The lowest BCUT2D eigenvalue weighted by atomic mass is 10.1. The number of hydrogen-bond donors (Lipinski definition) is 2. The molecule has 0 radical (unpaired) electrons. The molecule has 0 bridgehead atoms. The summed E-state index contributed by atoms with van der Waals surface area (Å²) in [5.41, 5.74) is 9.31. The van der Waals surface area contributed by atoms with Gasteiger partial charge in [-0.05, 0) is 12.1 Å². The van der Waals surface area contributed by atoms with Crippen molar-refractivity contribution in [2.24, 2.45) is 0 Å². The number of benzene rings is 1. The average Bonchev–Trinajstić information content (AvgIpc) is 2.77. The molecule has 5 heteroatoms. The number of nitrogens with two attached hydrogens (primary N) is 1. The molecule has 0 atom stereocenters. The lowest BCUT2D eigenvalue weighted by molar-refractivity contribution is 1.33. The number of imidazole rings is 1. The van der Waals surface area contributed by atoms with Crippen LogP contribution in [0.5, 0.6) is 0 Å². The summed E-state index contributed by atoms with van der Waals surface area (Å²) in [7, 11) is 0. The molecule has 0 spiro atoms. The second kappa shape index (κ2) is 3.85. The number of pyridine rings is 1. The monoisotopic (exact) mass is 288 g/mol. The van der Waals surface area contributed by atoms with Crippen molar-refractivity contribution >= 4 is 32.8 Å². The summed E-state index contributed by atoms with van der Waals surface area (Å²) < 4.78 is 1.03. The average molecular weight is 289 g/mol. The first-order chi connectivity index (χ1) is 8.24. The third-order valence-corrected chi connectivity index (χ3v) is 3.07. The molecule has 17 heavy (non-hydrogen) atoms. The zero-order valence-corrected chi connectivity index (χ0v) is 10.4. The van der Waals surface area contributed by atoms with Crippen LogP contribution in [0.15, 0.2) is 41.1 Å². The van der Waals surface area contributed by atoms with Crippen LogP contribution in [0, 0.1) is 0 Å². The van der Waals surface area contributed by atoms with E-state index in [0.29, 0.717) is 5.82 Å².